The van der Waals surface area contributed by atoms with Crippen LogP contribution in [0.1, 0.15) is 30.6 Å². The van der Waals surface area contributed by atoms with Gasteiger partial charge in [0.05, 0.1) is 17.2 Å². The molecule has 0 bridgehead atoms. The Labute approximate surface area is 130 Å². The Morgan fingerprint density at radius 2 is 1.95 bits per heavy atom. The minimum absolute atomic E-state index is 0.0365. The lowest BCUT2D eigenvalue weighted by molar-refractivity contribution is 0.0487. The predicted octanol–water partition coefficient (Wildman–Crippen LogP) is 3.75. The van der Waals surface area contributed by atoms with E-state index < -0.39 is 42.1 Å². The molecule has 0 saturated carbocycles. The molecule has 118 valence electrons. The van der Waals surface area contributed by atoms with Crippen LogP contribution in [-0.2, 0) is 13.8 Å². The Hall–Kier alpha value is -0.920. The van der Waals surface area contributed by atoms with Crippen LogP contribution in [0.5, 0.6) is 0 Å². The highest BCUT2D eigenvalue weighted by Gasteiger charge is 2.29. The monoisotopic (exact) mass is 360 g/mol. The van der Waals surface area contributed by atoms with Crippen molar-refractivity contribution in [3.8, 4) is 0 Å². The van der Waals surface area contributed by atoms with Gasteiger partial charge in [-0.05, 0) is 18.4 Å². The molecule has 0 N–H and O–H groups in total. The van der Waals surface area contributed by atoms with Gasteiger partial charge in [-0.25, -0.2) is 22.0 Å². The van der Waals surface area contributed by atoms with Gasteiger partial charge in [0, 0.05) is 10.7 Å². The van der Waals surface area contributed by atoms with E-state index in [1.165, 1.54) is 0 Å². The maximum absolute atomic E-state index is 13.5. The summed E-state index contributed by atoms with van der Waals surface area (Å²) in [5.41, 5.74) is -0.599. The number of hydrogen-bond donors (Lipinski definition) is 0. The first-order valence-electron chi connectivity index (χ1n) is 5.85. The molecule has 0 aromatic heterocycles. The number of benzene rings is 1. The molecule has 0 fully saturated rings. The third-order valence-electron chi connectivity index (χ3n) is 2.51. The first-order valence-corrected chi connectivity index (χ1v) is 8.53. The highest BCUT2D eigenvalue weighted by molar-refractivity contribution is 8.13. The molecule has 4 nitrogen and oxygen atoms in total. The Balaban J connectivity index is 3.21. The van der Waals surface area contributed by atoms with E-state index in [4.69, 9.17) is 27.0 Å². The van der Waals surface area contributed by atoms with E-state index in [2.05, 4.69) is 0 Å². The molecule has 0 amide bonds. The van der Waals surface area contributed by atoms with E-state index in [1.54, 1.807) is 0 Å². The second-order valence-electron chi connectivity index (χ2n) is 4.62. The zero-order valence-corrected chi connectivity index (χ0v) is 13.5. The van der Waals surface area contributed by atoms with Crippen molar-refractivity contribution < 1.29 is 26.7 Å². The van der Waals surface area contributed by atoms with Crippen LogP contribution in [0.2, 0.25) is 5.02 Å². The van der Waals surface area contributed by atoms with Gasteiger partial charge in [-0.1, -0.05) is 25.4 Å². The Bertz CT molecular complexity index is 660. The minimum Gasteiger partial charge on any atom is -0.462 e. The lowest BCUT2D eigenvalue weighted by atomic mass is 10.1. The van der Waals surface area contributed by atoms with E-state index in [-0.39, 0.29) is 12.5 Å². The van der Waals surface area contributed by atoms with Crippen molar-refractivity contribution in [3.05, 3.63) is 28.3 Å². The highest BCUT2D eigenvalue weighted by atomic mass is 35.7. The van der Waals surface area contributed by atoms with Gasteiger partial charge in [0.1, 0.15) is 4.90 Å². The number of esters is 1. The molecular weight excluding hydrogens is 349 g/mol. The van der Waals surface area contributed by atoms with Crippen molar-refractivity contribution >= 4 is 37.3 Å². The normalized spacial score (nSPS) is 11.8. The van der Waals surface area contributed by atoms with Crippen LogP contribution in [-0.4, -0.2) is 21.0 Å². The summed E-state index contributed by atoms with van der Waals surface area (Å²) in [7, 11) is 0.334. The summed E-state index contributed by atoms with van der Waals surface area (Å²) in [6, 6.07) is 0.473. The van der Waals surface area contributed by atoms with E-state index in [9.17, 15) is 22.0 Å². The van der Waals surface area contributed by atoms with Crippen LogP contribution in [0.3, 0.4) is 0 Å². The summed E-state index contributed by atoms with van der Waals surface area (Å²) in [4.78, 5) is 10.5. The third kappa shape index (κ3) is 4.52. The zero-order valence-electron chi connectivity index (χ0n) is 11.1. The number of carbonyl (C=O) groups excluding carboxylic acids is 1. The Morgan fingerprint density at radius 1 is 1.38 bits per heavy atom. The molecule has 1 aromatic carbocycles. The topological polar surface area (TPSA) is 60.4 Å². The van der Waals surface area contributed by atoms with E-state index >= 15 is 0 Å². The first-order chi connectivity index (χ1) is 9.55. The molecule has 0 radical (unpaired) electrons. The Kier molecular flexibility index (Phi) is 5.95. The van der Waals surface area contributed by atoms with Crippen LogP contribution in [0, 0.1) is 17.6 Å². The molecule has 0 spiro atoms. The van der Waals surface area contributed by atoms with E-state index in [1.807, 2.05) is 13.8 Å². The average Bonchev–Trinajstić information content (AvgIpc) is 2.31. The molecule has 0 heterocycles. The first kappa shape index (κ1) is 18.1. The molecule has 21 heavy (non-hydrogen) atoms. The van der Waals surface area contributed by atoms with Gasteiger partial charge >= 0.3 is 5.97 Å². The second kappa shape index (κ2) is 6.89. The van der Waals surface area contributed by atoms with Crippen molar-refractivity contribution in [1.29, 1.82) is 0 Å². The fourth-order valence-electron chi connectivity index (χ4n) is 1.41. The van der Waals surface area contributed by atoms with Gasteiger partial charge < -0.3 is 4.74 Å². The Morgan fingerprint density at radius 3 is 2.43 bits per heavy atom. The van der Waals surface area contributed by atoms with E-state index in [0.717, 1.165) is 0 Å². The molecule has 1 rings (SSSR count). The molecule has 0 aliphatic heterocycles. The van der Waals surface area contributed by atoms with Crippen molar-refractivity contribution in [1.82, 2.24) is 0 Å². The number of carbonyl (C=O) groups is 1. The van der Waals surface area contributed by atoms with Gasteiger partial charge in [-0.3, -0.25) is 0 Å². The molecule has 0 aliphatic rings. The number of halogens is 4. The van der Waals surface area contributed by atoms with E-state index in [0.29, 0.717) is 12.5 Å². The quantitative estimate of drug-likeness (QED) is 0.455. The van der Waals surface area contributed by atoms with Crippen LogP contribution >= 0.6 is 22.3 Å². The van der Waals surface area contributed by atoms with Gasteiger partial charge in [-0.15, -0.1) is 0 Å². The van der Waals surface area contributed by atoms with Crippen LogP contribution < -0.4 is 0 Å². The second-order valence-corrected chi connectivity index (χ2v) is 7.50. The number of ether oxygens (including phenoxy) is 1. The molecule has 0 saturated heterocycles. The minimum atomic E-state index is -4.66. The maximum Gasteiger partial charge on any atom is 0.339 e. The maximum atomic E-state index is 13.5. The van der Waals surface area contributed by atoms with Gasteiger partial charge in [-0.2, -0.15) is 0 Å². The number of rotatable bonds is 5. The van der Waals surface area contributed by atoms with Gasteiger partial charge in [0.15, 0.2) is 11.6 Å². The summed E-state index contributed by atoms with van der Waals surface area (Å²) >= 11 is 5.64. The summed E-state index contributed by atoms with van der Waals surface area (Å²) in [5, 5.41) is -0.807. The molecule has 1 aromatic rings. The standard InChI is InChI=1S/C12H12Cl2F2O4S/c1-6(2)3-4-20-12(17)7-5-8(15)10(16)11(9(7)13)21(14,18)19/h5-6H,3-4H2,1-2H3. The molecule has 0 aliphatic carbocycles. The smallest absolute Gasteiger partial charge is 0.339 e. The van der Waals surface area contributed by atoms with Gasteiger partial charge in [0.25, 0.3) is 9.05 Å². The van der Waals surface area contributed by atoms with Crippen molar-refractivity contribution in [2.45, 2.75) is 25.2 Å². The summed E-state index contributed by atoms with van der Waals surface area (Å²) < 4.78 is 54.2. The molecule has 0 atom stereocenters. The van der Waals surface area contributed by atoms with Gasteiger partial charge in [0.2, 0.25) is 0 Å². The lowest BCUT2D eigenvalue weighted by Crippen LogP contribution is -2.12. The van der Waals surface area contributed by atoms with Crippen LogP contribution in [0.4, 0.5) is 8.78 Å². The summed E-state index contributed by atoms with van der Waals surface area (Å²) in [5.74, 6) is -4.10. The van der Waals surface area contributed by atoms with Crippen LogP contribution in [0.25, 0.3) is 0 Å². The zero-order chi connectivity index (χ0) is 16.4. The van der Waals surface area contributed by atoms with Crippen molar-refractivity contribution in [2.24, 2.45) is 5.92 Å². The largest absolute Gasteiger partial charge is 0.462 e. The SMILES string of the molecule is CC(C)CCOC(=O)c1cc(F)c(F)c(S(=O)(=O)Cl)c1Cl. The predicted molar refractivity (Wildman–Crippen MR) is 74.1 cm³/mol. The fourth-order valence-corrected chi connectivity index (χ4v) is 3.12. The lowest BCUT2D eigenvalue weighted by Gasteiger charge is -2.10. The summed E-state index contributed by atoms with van der Waals surface area (Å²) in [6.45, 7) is 3.84. The molecule has 0 unspecified atom stereocenters. The molecule has 9 heteroatoms. The third-order valence-corrected chi connectivity index (χ3v) is 4.35. The van der Waals surface area contributed by atoms with Crippen molar-refractivity contribution in [2.75, 3.05) is 6.61 Å². The summed E-state index contributed by atoms with van der Waals surface area (Å²) in [6.07, 6.45) is 0.549. The van der Waals surface area contributed by atoms with Crippen LogP contribution in [0.15, 0.2) is 11.0 Å². The average molecular weight is 361 g/mol. The van der Waals surface area contributed by atoms with Crippen molar-refractivity contribution in [3.63, 3.8) is 0 Å². The highest BCUT2D eigenvalue weighted by Crippen LogP contribution is 2.32. The molecular formula is C12H12Cl2F2O4S. The fraction of sp³-hybridized carbons (Fsp3) is 0.417. The number of hydrogen-bond acceptors (Lipinski definition) is 4.